The summed E-state index contributed by atoms with van der Waals surface area (Å²) in [6, 6.07) is 3.65. The zero-order valence-corrected chi connectivity index (χ0v) is 16.3. The van der Waals surface area contributed by atoms with Crippen molar-refractivity contribution in [2.24, 2.45) is 0 Å². The number of nitrogens with zero attached hydrogens (tertiary/aromatic N) is 1. The van der Waals surface area contributed by atoms with E-state index in [9.17, 15) is 9.59 Å². The normalized spacial score (nSPS) is 11.0. The van der Waals surface area contributed by atoms with Gasteiger partial charge in [0.05, 0.1) is 6.61 Å². The molecule has 0 aliphatic heterocycles. The lowest BCUT2D eigenvalue weighted by Gasteiger charge is -2.24. The summed E-state index contributed by atoms with van der Waals surface area (Å²) in [6.07, 6.45) is -1.31. The fraction of sp³-hybridized carbons (Fsp3) is 0.579. The first-order chi connectivity index (χ1) is 11.6. The van der Waals surface area contributed by atoms with Crippen LogP contribution in [0.3, 0.4) is 0 Å². The molecule has 1 aromatic rings. The molecular weight excluding hydrogens is 322 g/mol. The van der Waals surface area contributed by atoms with E-state index in [1.54, 1.807) is 17.9 Å². The van der Waals surface area contributed by atoms with Gasteiger partial charge in [-0.3, -0.25) is 0 Å². The maximum atomic E-state index is 12.3. The van der Waals surface area contributed by atoms with Gasteiger partial charge in [0.15, 0.2) is 11.5 Å². The summed E-state index contributed by atoms with van der Waals surface area (Å²) in [6.45, 7) is 14.7. The van der Waals surface area contributed by atoms with E-state index in [1.807, 2.05) is 26.8 Å². The third-order valence-electron chi connectivity index (χ3n) is 3.77. The number of carbonyl (C=O) groups excluding carboxylic acids is 2. The lowest BCUT2D eigenvalue weighted by atomic mass is 9.86. The molecule has 0 unspecified atom stereocenters. The van der Waals surface area contributed by atoms with Gasteiger partial charge in [-0.1, -0.05) is 26.8 Å². The SMILES string of the molecule is CCOC(=O)Oc1cc(C(C)(C)C)cc(C)c1OC(=O)N(CC)CC. The van der Waals surface area contributed by atoms with Crippen molar-refractivity contribution in [3.05, 3.63) is 23.3 Å². The van der Waals surface area contributed by atoms with E-state index in [-0.39, 0.29) is 23.5 Å². The van der Waals surface area contributed by atoms with Crippen LogP contribution in [-0.4, -0.2) is 36.8 Å². The highest BCUT2D eigenvalue weighted by Gasteiger charge is 2.23. The number of amides is 1. The van der Waals surface area contributed by atoms with Gasteiger partial charge in [-0.15, -0.1) is 0 Å². The van der Waals surface area contributed by atoms with Crippen LogP contribution in [0.5, 0.6) is 11.5 Å². The summed E-state index contributed by atoms with van der Waals surface area (Å²) in [5, 5.41) is 0. The molecule has 6 heteroatoms. The van der Waals surface area contributed by atoms with Crippen molar-refractivity contribution in [3.63, 3.8) is 0 Å². The van der Waals surface area contributed by atoms with Crippen LogP contribution in [0.15, 0.2) is 12.1 Å². The molecule has 1 amide bonds. The molecule has 1 aromatic carbocycles. The van der Waals surface area contributed by atoms with Crippen molar-refractivity contribution in [1.82, 2.24) is 4.90 Å². The quantitative estimate of drug-likeness (QED) is 0.570. The van der Waals surface area contributed by atoms with Gasteiger partial charge in [0, 0.05) is 13.1 Å². The standard InChI is InChI=1S/C19H29NO5/c1-8-20(9-2)17(21)25-16-13(4)11-14(19(5,6)7)12-15(16)24-18(22)23-10-3/h11-12H,8-10H2,1-7H3. The minimum atomic E-state index is -0.826. The Balaban J connectivity index is 3.29. The molecule has 0 bridgehead atoms. The highest BCUT2D eigenvalue weighted by atomic mass is 16.7. The Bertz CT molecular complexity index is 615. The van der Waals surface area contributed by atoms with E-state index >= 15 is 0 Å². The first kappa shape index (κ1) is 20.8. The first-order valence-electron chi connectivity index (χ1n) is 8.60. The van der Waals surface area contributed by atoms with Crippen LogP contribution >= 0.6 is 0 Å². The number of benzene rings is 1. The Morgan fingerprint density at radius 3 is 2.12 bits per heavy atom. The van der Waals surface area contributed by atoms with Crippen LogP contribution in [-0.2, 0) is 10.2 Å². The Kier molecular flexibility index (Phi) is 7.27. The molecule has 0 saturated carbocycles. The number of hydrogen-bond donors (Lipinski definition) is 0. The van der Waals surface area contributed by atoms with Crippen molar-refractivity contribution < 1.29 is 23.8 Å². The summed E-state index contributed by atoms with van der Waals surface area (Å²) in [5.74, 6) is 0.418. The molecule has 0 N–H and O–H groups in total. The van der Waals surface area contributed by atoms with E-state index in [1.165, 1.54) is 0 Å². The fourth-order valence-corrected chi connectivity index (χ4v) is 2.25. The minimum Gasteiger partial charge on any atom is -0.434 e. The van der Waals surface area contributed by atoms with Crippen molar-refractivity contribution in [1.29, 1.82) is 0 Å². The predicted molar refractivity (Wildman–Crippen MR) is 96.5 cm³/mol. The minimum absolute atomic E-state index is 0.154. The van der Waals surface area contributed by atoms with Gasteiger partial charge in [0.25, 0.3) is 0 Å². The lowest BCUT2D eigenvalue weighted by molar-refractivity contribution is 0.102. The first-order valence-corrected chi connectivity index (χ1v) is 8.60. The second-order valence-electron chi connectivity index (χ2n) is 6.70. The second kappa shape index (κ2) is 8.74. The van der Waals surface area contributed by atoms with E-state index in [0.717, 1.165) is 5.56 Å². The molecule has 0 aromatic heterocycles. The lowest BCUT2D eigenvalue weighted by Crippen LogP contribution is -2.33. The van der Waals surface area contributed by atoms with Crippen molar-refractivity contribution in [3.8, 4) is 11.5 Å². The van der Waals surface area contributed by atoms with Crippen molar-refractivity contribution >= 4 is 12.2 Å². The molecular formula is C19H29NO5. The number of ether oxygens (including phenoxy) is 3. The van der Waals surface area contributed by atoms with Crippen LogP contribution < -0.4 is 9.47 Å². The topological polar surface area (TPSA) is 65.1 Å². The number of hydrogen-bond acceptors (Lipinski definition) is 5. The molecule has 25 heavy (non-hydrogen) atoms. The molecule has 6 nitrogen and oxygen atoms in total. The van der Waals surface area contributed by atoms with Crippen molar-refractivity contribution in [2.75, 3.05) is 19.7 Å². The maximum absolute atomic E-state index is 12.3. The maximum Gasteiger partial charge on any atom is 0.513 e. The molecule has 0 radical (unpaired) electrons. The molecule has 0 saturated heterocycles. The Labute approximate surface area is 150 Å². The number of carbonyl (C=O) groups is 2. The summed E-state index contributed by atoms with van der Waals surface area (Å²) in [5.41, 5.74) is 1.53. The summed E-state index contributed by atoms with van der Waals surface area (Å²) >= 11 is 0. The van der Waals surface area contributed by atoms with Crippen LogP contribution in [0.1, 0.15) is 52.7 Å². The van der Waals surface area contributed by atoms with Gasteiger partial charge >= 0.3 is 12.2 Å². The van der Waals surface area contributed by atoms with Crippen LogP contribution in [0, 0.1) is 6.92 Å². The Hall–Kier alpha value is -2.24. The van der Waals surface area contributed by atoms with Gasteiger partial charge in [-0.05, 0) is 50.3 Å². The predicted octanol–water partition coefficient (Wildman–Crippen LogP) is 4.67. The monoisotopic (exact) mass is 351 g/mol. The summed E-state index contributed by atoms with van der Waals surface area (Å²) < 4.78 is 15.7. The van der Waals surface area contributed by atoms with E-state index in [4.69, 9.17) is 14.2 Å². The molecule has 0 aliphatic rings. The highest BCUT2D eigenvalue weighted by Crippen LogP contribution is 2.37. The Morgan fingerprint density at radius 1 is 1.04 bits per heavy atom. The van der Waals surface area contributed by atoms with E-state index < -0.39 is 12.2 Å². The number of rotatable bonds is 5. The largest absolute Gasteiger partial charge is 0.513 e. The number of aryl methyl sites for hydroxylation is 1. The highest BCUT2D eigenvalue weighted by molar-refractivity contribution is 5.74. The molecule has 0 aliphatic carbocycles. The zero-order valence-electron chi connectivity index (χ0n) is 16.3. The summed E-state index contributed by atoms with van der Waals surface area (Å²) in [4.78, 5) is 25.6. The molecule has 0 atom stereocenters. The summed E-state index contributed by atoms with van der Waals surface area (Å²) in [7, 11) is 0. The van der Waals surface area contributed by atoms with Crippen LogP contribution in [0.2, 0.25) is 0 Å². The van der Waals surface area contributed by atoms with E-state index in [2.05, 4.69) is 20.8 Å². The van der Waals surface area contributed by atoms with Gasteiger partial charge in [-0.25, -0.2) is 9.59 Å². The van der Waals surface area contributed by atoms with Gasteiger partial charge in [-0.2, -0.15) is 0 Å². The van der Waals surface area contributed by atoms with Gasteiger partial charge in [0.2, 0.25) is 0 Å². The molecule has 140 valence electrons. The van der Waals surface area contributed by atoms with E-state index in [0.29, 0.717) is 18.7 Å². The second-order valence-corrected chi connectivity index (χ2v) is 6.70. The van der Waals surface area contributed by atoms with Gasteiger partial charge in [0.1, 0.15) is 0 Å². The average molecular weight is 351 g/mol. The van der Waals surface area contributed by atoms with Crippen LogP contribution in [0.25, 0.3) is 0 Å². The van der Waals surface area contributed by atoms with Gasteiger partial charge < -0.3 is 19.1 Å². The zero-order chi connectivity index (χ0) is 19.2. The molecule has 0 heterocycles. The fourth-order valence-electron chi connectivity index (χ4n) is 2.25. The Morgan fingerprint density at radius 2 is 1.64 bits per heavy atom. The molecule has 0 spiro atoms. The average Bonchev–Trinajstić information content (AvgIpc) is 2.50. The smallest absolute Gasteiger partial charge is 0.434 e. The third kappa shape index (κ3) is 5.66. The van der Waals surface area contributed by atoms with Crippen LogP contribution in [0.4, 0.5) is 9.59 Å². The van der Waals surface area contributed by atoms with Crippen molar-refractivity contribution in [2.45, 2.75) is 53.9 Å². The molecule has 0 fully saturated rings. The third-order valence-corrected chi connectivity index (χ3v) is 3.77. The molecule has 1 rings (SSSR count).